The van der Waals surface area contributed by atoms with E-state index in [1.807, 2.05) is 36.4 Å². The summed E-state index contributed by atoms with van der Waals surface area (Å²) in [6.07, 6.45) is -0.215. The number of amides is 2. The maximum Gasteiger partial charge on any atom is 0.306 e. The molecule has 3 rings (SSSR count). The molecule has 0 unspecified atom stereocenters. The van der Waals surface area contributed by atoms with Crippen LogP contribution in [-0.2, 0) is 19.1 Å². The second kappa shape index (κ2) is 9.71. The summed E-state index contributed by atoms with van der Waals surface area (Å²) in [5.74, 6) is -1.45. The maximum atomic E-state index is 12.1. The zero-order valence-electron chi connectivity index (χ0n) is 15.5. The van der Waals surface area contributed by atoms with Gasteiger partial charge in [-0.3, -0.25) is 14.4 Å². The van der Waals surface area contributed by atoms with Crippen LogP contribution in [0.15, 0.2) is 66.7 Å². The number of fused-ring (bicyclic) bond motifs is 1. The average Bonchev–Trinajstić information content (AvgIpc) is 2.73. The standard InChI is InChI=1S/C22H19ClN2O4/c23-17-9-3-4-10-19(17)25-20(26)12-13-22(28)29-14-21(27)24-18-11-5-7-15-6-1-2-8-16(15)18/h1-11H,12-14H2,(H,24,27)(H,25,26). The highest BCUT2D eigenvalue weighted by Crippen LogP contribution is 2.23. The quantitative estimate of drug-likeness (QED) is 0.565. The van der Waals surface area contributed by atoms with E-state index in [4.69, 9.17) is 16.3 Å². The first kappa shape index (κ1) is 20.4. The Hall–Kier alpha value is -3.38. The number of anilines is 2. The lowest BCUT2D eigenvalue weighted by Crippen LogP contribution is -2.22. The number of para-hydroxylation sites is 1. The Morgan fingerprint density at radius 2 is 1.41 bits per heavy atom. The van der Waals surface area contributed by atoms with Gasteiger partial charge in [0.05, 0.1) is 17.1 Å². The van der Waals surface area contributed by atoms with Crippen LogP contribution in [-0.4, -0.2) is 24.4 Å². The molecule has 0 heterocycles. The Balaban J connectivity index is 1.43. The minimum absolute atomic E-state index is 0.0744. The molecular formula is C22H19ClN2O4. The zero-order valence-corrected chi connectivity index (χ0v) is 16.2. The molecule has 7 heteroatoms. The number of ether oxygens (including phenoxy) is 1. The molecule has 148 valence electrons. The van der Waals surface area contributed by atoms with Crippen LogP contribution in [0, 0.1) is 0 Å². The van der Waals surface area contributed by atoms with E-state index >= 15 is 0 Å². The van der Waals surface area contributed by atoms with Crippen LogP contribution in [0.5, 0.6) is 0 Å². The number of nitrogens with one attached hydrogen (secondary N) is 2. The van der Waals surface area contributed by atoms with Gasteiger partial charge in [0.15, 0.2) is 6.61 Å². The summed E-state index contributed by atoms with van der Waals surface area (Å²) in [7, 11) is 0. The second-order valence-corrected chi connectivity index (χ2v) is 6.67. The highest BCUT2D eigenvalue weighted by molar-refractivity contribution is 6.33. The van der Waals surface area contributed by atoms with Crippen LogP contribution in [0.3, 0.4) is 0 Å². The fraction of sp³-hybridized carbons (Fsp3) is 0.136. The smallest absolute Gasteiger partial charge is 0.306 e. The third kappa shape index (κ3) is 5.80. The predicted molar refractivity (Wildman–Crippen MR) is 113 cm³/mol. The molecule has 3 aromatic rings. The third-order valence-electron chi connectivity index (χ3n) is 4.13. The van der Waals surface area contributed by atoms with Crippen LogP contribution >= 0.6 is 11.6 Å². The van der Waals surface area contributed by atoms with Crippen molar-refractivity contribution in [2.45, 2.75) is 12.8 Å². The number of hydrogen-bond donors (Lipinski definition) is 2. The molecule has 0 aliphatic rings. The summed E-state index contributed by atoms with van der Waals surface area (Å²) in [6, 6.07) is 20.0. The van der Waals surface area contributed by atoms with Gasteiger partial charge in [0, 0.05) is 17.5 Å². The number of carbonyl (C=O) groups is 3. The van der Waals surface area contributed by atoms with Gasteiger partial charge in [-0.15, -0.1) is 0 Å². The molecule has 0 bridgehead atoms. The Morgan fingerprint density at radius 3 is 2.24 bits per heavy atom. The lowest BCUT2D eigenvalue weighted by Gasteiger charge is -2.09. The van der Waals surface area contributed by atoms with Crippen molar-refractivity contribution in [2.75, 3.05) is 17.2 Å². The average molecular weight is 411 g/mol. The first-order valence-corrected chi connectivity index (χ1v) is 9.38. The molecule has 2 N–H and O–H groups in total. The van der Waals surface area contributed by atoms with Gasteiger partial charge in [0.25, 0.3) is 5.91 Å². The van der Waals surface area contributed by atoms with E-state index in [2.05, 4.69) is 10.6 Å². The number of hydrogen-bond acceptors (Lipinski definition) is 4. The van der Waals surface area contributed by atoms with E-state index in [0.717, 1.165) is 10.8 Å². The number of rotatable bonds is 7. The van der Waals surface area contributed by atoms with Gasteiger partial charge < -0.3 is 15.4 Å². The van der Waals surface area contributed by atoms with Crippen molar-refractivity contribution in [1.29, 1.82) is 0 Å². The maximum absolute atomic E-state index is 12.1. The normalized spacial score (nSPS) is 10.4. The van der Waals surface area contributed by atoms with E-state index in [9.17, 15) is 14.4 Å². The predicted octanol–water partition coefficient (Wildman–Crippen LogP) is 4.39. The summed E-state index contributed by atoms with van der Waals surface area (Å²) in [5.41, 5.74) is 1.12. The van der Waals surface area contributed by atoms with Gasteiger partial charge in [0.2, 0.25) is 5.91 Å². The molecule has 2 amide bonds. The van der Waals surface area contributed by atoms with Crippen LogP contribution in [0.1, 0.15) is 12.8 Å². The van der Waals surface area contributed by atoms with Crippen LogP contribution in [0.2, 0.25) is 5.02 Å². The van der Waals surface area contributed by atoms with Crippen molar-refractivity contribution in [1.82, 2.24) is 0 Å². The fourth-order valence-corrected chi connectivity index (χ4v) is 2.91. The zero-order chi connectivity index (χ0) is 20.6. The van der Waals surface area contributed by atoms with Crippen molar-refractivity contribution in [2.24, 2.45) is 0 Å². The van der Waals surface area contributed by atoms with Gasteiger partial charge in [-0.1, -0.05) is 60.1 Å². The highest BCUT2D eigenvalue weighted by atomic mass is 35.5. The monoisotopic (exact) mass is 410 g/mol. The minimum Gasteiger partial charge on any atom is -0.456 e. The Labute approximate surface area is 172 Å². The number of esters is 1. The summed E-state index contributed by atoms with van der Waals surface area (Å²) >= 11 is 5.97. The van der Waals surface area contributed by atoms with E-state index in [0.29, 0.717) is 16.4 Å². The first-order valence-electron chi connectivity index (χ1n) is 9.00. The highest BCUT2D eigenvalue weighted by Gasteiger charge is 2.12. The number of halogens is 1. The van der Waals surface area contributed by atoms with Gasteiger partial charge in [-0.05, 0) is 23.6 Å². The summed E-state index contributed by atoms with van der Waals surface area (Å²) < 4.78 is 4.96. The van der Waals surface area contributed by atoms with Gasteiger partial charge in [-0.25, -0.2) is 0 Å². The molecule has 0 saturated heterocycles. The summed E-state index contributed by atoms with van der Waals surface area (Å²) in [4.78, 5) is 35.8. The molecule has 3 aromatic carbocycles. The van der Waals surface area contributed by atoms with Crippen molar-refractivity contribution in [3.05, 3.63) is 71.8 Å². The van der Waals surface area contributed by atoms with Gasteiger partial charge >= 0.3 is 5.97 Å². The van der Waals surface area contributed by atoms with Crippen molar-refractivity contribution < 1.29 is 19.1 Å². The topological polar surface area (TPSA) is 84.5 Å². The SMILES string of the molecule is O=C(CCC(=O)OCC(=O)Nc1cccc2ccccc12)Nc1ccccc1Cl. The molecule has 0 aliphatic carbocycles. The molecule has 0 aromatic heterocycles. The summed E-state index contributed by atoms with van der Waals surface area (Å²) in [6.45, 7) is -0.422. The van der Waals surface area contributed by atoms with E-state index in [-0.39, 0.29) is 18.7 Å². The Bertz CT molecular complexity index is 1050. The van der Waals surface area contributed by atoms with E-state index < -0.39 is 18.5 Å². The third-order valence-corrected chi connectivity index (χ3v) is 4.46. The van der Waals surface area contributed by atoms with Crippen molar-refractivity contribution in [3.8, 4) is 0 Å². The lowest BCUT2D eigenvalue weighted by atomic mass is 10.1. The molecule has 6 nitrogen and oxygen atoms in total. The largest absolute Gasteiger partial charge is 0.456 e. The number of carbonyl (C=O) groups excluding carboxylic acids is 3. The van der Waals surface area contributed by atoms with Crippen LogP contribution in [0.25, 0.3) is 10.8 Å². The van der Waals surface area contributed by atoms with Gasteiger partial charge in [-0.2, -0.15) is 0 Å². The molecular weight excluding hydrogens is 392 g/mol. The van der Waals surface area contributed by atoms with Gasteiger partial charge in [0.1, 0.15) is 0 Å². The molecule has 0 aliphatic heterocycles. The molecule has 0 spiro atoms. The van der Waals surface area contributed by atoms with Crippen molar-refractivity contribution in [3.63, 3.8) is 0 Å². The molecule has 0 saturated carbocycles. The first-order chi connectivity index (χ1) is 14.0. The minimum atomic E-state index is -0.632. The lowest BCUT2D eigenvalue weighted by molar-refractivity contribution is -0.147. The van der Waals surface area contributed by atoms with Crippen molar-refractivity contribution >= 4 is 51.5 Å². The molecule has 0 radical (unpaired) electrons. The van der Waals surface area contributed by atoms with E-state index in [1.165, 1.54) is 0 Å². The Kier molecular flexibility index (Phi) is 6.81. The Morgan fingerprint density at radius 1 is 0.759 bits per heavy atom. The molecule has 29 heavy (non-hydrogen) atoms. The summed E-state index contributed by atoms with van der Waals surface area (Å²) in [5, 5.41) is 7.65. The molecule has 0 fully saturated rings. The van der Waals surface area contributed by atoms with Crippen LogP contribution < -0.4 is 10.6 Å². The van der Waals surface area contributed by atoms with E-state index in [1.54, 1.807) is 30.3 Å². The fourth-order valence-electron chi connectivity index (χ4n) is 2.73. The second-order valence-electron chi connectivity index (χ2n) is 6.26. The van der Waals surface area contributed by atoms with Crippen LogP contribution in [0.4, 0.5) is 11.4 Å². The molecule has 0 atom stereocenters. The number of benzene rings is 3.